The summed E-state index contributed by atoms with van der Waals surface area (Å²) in [7, 11) is 0. The van der Waals surface area contributed by atoms with Gasteiger partial charge < -0.3 is 15.2 Å². The van der Waals surface area contributed by atoms with Gasteiger partial charge in [-0.2, -0.15) is 0 Å². The maximum atomic E-state index is 6.01. The number of nitrogens with two attached hydrogens (primary N) is 1. The van der Waals surface area contributed by atoms with Crippen molar-refractivity contribution in [3.63, 3.8) is 0 Å². The highest BCUT2D eigenvalue weighted by atomic mass is 16.5. The lowest BCUT2D eigenvalue weighted by Gasteiger charge is -2.35. The Morgan fingerprint density at radius 2 is 2.05 bits per heavy atom. The van der Waals surface area contributed by atoms with E-state index < -0.39 is 5.60 Å². The van der Waals surface area contributed by atoms with Crippen LogP contribution in [0.15, 0.2) is 6.07 Å². The maximum absolute atomic E-state index is 6.01. The fourth-order valence-corrected chi connectivity index (χ4v) is 2.66. The highest BCUT2D eigenvalue weighted by molar-refractivity contribution is 5.31. The van der Waals surface area contributed by atoms with Gasteiger partial charge in [0, 0.05) is 44.4 Å². The molecule has 0 bridgehead atoms. The summed E-state index contributed by atoms with van der Waals surface area (Å²) in [4.78, 5) is 9.16. The van der Waals surface area contributed by atoms with Gasteiger partial charge in [0.25, 0.3) is 0 Å². The third-order valence-electron chi connectivity index (χ3n) is 3.55. The van der Waals surface area contributed by atoms with Crippen LogP contribution in [0, 0.1) is 5.92 Å². The summed E-state index contributed by atoms with van der Waals surface area (Å²) < 4.78 is 11.5. The quantitative estimate of drug-likeness (QED) is 0.895. The molecule has 1 aliphatic heterocycles. The molecule has 0 spiro atoms. The first kappa shape index (κ1) is 15.2. The fraction of sp³-hybridized carbons (Fsp3) is 0.733. The molecule has 20 heavy (non-hydrogen) atoms. The minimum absolute atomic E-state index is 0.436. The Hall–Kier alpha value is -1.20. The zero-order valence-electron chi connectivity index (χ0n) is 12.7. The van der Waals surface area contributed by atoms with Crippen molar-refractivity contribution in [2.45, 2.75) is 45.6 Å². The number of nitrogen functional groups attached to an aromatic ring is 1. The van der Waals surface area contributed by atoms with Crippen molar-refractivity contribution in [2.75, 3.05) is 25.6 Å². The van der Waals surface area contributed by atoms with Crippen LogP contribution in [0.3, 0.4) is 0 Å². The van der Waals surface area contributed by atoms with Crippen LogP contribution in [0.25, 0.3) is 0 Å². The van der Waals surface area contributed by atoms with Crippen molar-refractivity contribution < 1.29 is 9.47 Å². The molecule has 0 aromatic carbocycles. The average molecular weight is 279 g/mol. The Balaban J connectivity index is 2.34. The molecule has 1 aromatic heterocycles. The van der Waals surface area contributed by atoms with E-state index in [0.717, 1.165) is 30.8 Å². The zero-order chi connectivity index (χ0) is 14.6. The van der Waals surface area contributed by atoms with E-state index in [1.54, 1.807) is 0 Å². The minimum Gasteiger partial charge on any atom is -0.384 e. The third kappa shape index (κ3) is 3.46. The number of ether oxygens (including phenoxy) is 2. The predicted octanol–water partition coefficient (Wildman–Crippen LogP) is 2.30. The molecule has 0 unspecified atom stereocenters. The Kier molecular flexibility index (Phi) is 4.94. The van der Waals surface area contributed by atoms with Crippen LogP contribution in [-0.4, -0.2) is 29.8 Å². The Morgan fingerprint density at radius 3 is 2.65 bits per heavy atom. The number of anilines is 1. The van der Waals surface area contributed by atoms with Crippen LogP contribution in [0.2, 0.25) is 0 Å². The van der Waals surface area contributed by atoms with E-state index in [0.29, 0.717) is 31.6 Å². The predicted molar refractivity (Wildman–Crippen MR) is 78.3 cm³/mol. The van der Waals surface area contributed by atoms with E-state index in [-0.39, 0.29) is 0 Å². The van der Waals surface area contributed by atoms with Gasteiger partial charge in [0.05, 0.1) is 0 Å². The lowest BCUT2D eigenvalue weighted by atomic mass is 9.92. The Labute approximate surface area is 120 Å². The fourth-order valence-electron chi connectivity index (χ4n) is 2.66. The van der Waals surface area contributed by atoms with Gasteiger partial charge in [0.2, 0.25) is 0 Å². The van der Waals surface area contributed by atoms with E-state index in [1.165, 1.54) is 0 Å². The van der Waals surface area contributed by atoms with Crippen molar-refractivity contribution in [3.05, 3.63) is 17.6 Å². The molecule has 5 nitrogen and oxygen atoms in total. The summed E-state index contributed by atoms with van der Waals surface area (Å²) in [6.07, 6.45) is 2.47. The molecule has 0 aliphatic carbocycles. The summed E-state index contributed by atoms with van der Waals surface area (Å²) >= 11 is 0. The van der Waals surface area contributed by atoms with Gasteiger partial charge in [-0.25, -0.2) is 9.97 Å². The average Bonchev–Trinajstić information content (AvgIpc) is 2.38. The lowest BCUT2D eigenvalue weighted by Crippen LogP contribution is -2.38. The van der Waals surface area contributed by atoms with Gasteiger partial charge in [0.15, 0.2) is 5.82 Å². The topological polar surface area (TPSA) is 70.3 Å². The number of rotatable bonds is 5. The van der Waals surface area contributed by atoms with Gasteiger partial charge in [-0.1, -0.05) is 13.8 Å². The smallest absolute Gasteiger partial charge is 0.163 e. The second kappa shape index (κ2) is 6.50. The molecule has 2 N–H and O–H groups in total. The van der Waals surface area contributed by atoms with E-state index in [2.05, 4.69) is 18.8 Å². The molecule has 0 saturated carbocycles. The first-order valence-corrected chi connectivity index (χ1v) is 7.41. The monoisotopic (exact) mass is 279 g/mol. The minimum atomic E-state index is -0.436. The highest BCUT2D eigenvalue weighted by Gasteiger charge is 2.38. The van der Waals surface area contributed by atoms with Crippen LogP contribution < -0.4 is 5.73 Å². The molecular formula is C15H25N3O2. The van der Waals surface area contributed by atoms with Crippen molar-refractivity contribution in [2.24, 2.45) is 5.92 Å². The van der Waals surface area contributed by atoms with Crippen LogP contribution in [0.1, 0.15) is 45.1 Å². The largest absolute Gasteiger partial charge is 0.384 e. The molecule has 2 rings (SSSR count). The molecule has 1 saturated heterocycles. The number of nitrogens with zero attached hydrogens (tertiary/aromatic N) is 2. The SMILES string of the molecule is CCOC1(c2nc(N)cc(CC(C)C)n2)CCOCC1. The molecule has 5 heteroatoms. The second-order valence-electron chi connectivity index (χ2n) is 5.75. The number of aromatic nitrogens is 2. The van der Waals surface area contributed by atoms with Crippen LogP contribution in [0.5, 0.6) is 0 Å². The third-order valence-corrected chi connectivity index (χ3v) is 3.55. The first-order valence-electron chi connectivity index (χ1n) is 7.41. The van der Waals surface area contributed by atoms with Gasteiger partial charge in [0.1, 0.15) is 11.4 Å². The maximum Gasteiger partial charge on any atom is 0.163 e. The van der Waals surface area contributed by atoms with Crippen molar-refractivity contribution in [1.82, 2.24) is 9.97 Å². The van der Waals surface area contributed by atoms with Crippen molar-refractivity contribution >= 4 is 5.82 Å². The summed E-state index contributed by atoms with van der Waals surface area (Å²) in [5.74, 6) is 1.78. The Bertz CT molecular complexity index is 437. The Morgan fingerprint density at radius 1 is 1.35 bits per heavy atom. The molecule has 112 valence electrons. The standard InChI is InChI=1S/C15H25N3O2/c1-4-20-15(5-7-19-8-6-15)14-17-12(9-11(2)3)10-13(16)18-14/h10-11H,4-9H2,1-3H3,(H2,16,17,18). The van der Waals surface area contributed by atoms with Crippen molar-refractivity contribution in [3.8, 4) is 0 Å². The highest BCUT2D eigenvalue weighted by Crippen LogP contribution is 2.34. The summed E-state index contributed by atoms with van der Waals surface area (Å²) in [6.45, 7) is 8.33. The van der Waals surface area contributed by atoms with Gasteiger partial charge in [-0.15, -0.1) is 0 Å². The summed E-state index contributed by atoms with van der Waals surface area (Å²) in [5.41, 5.74) is 6.52. The van der Waals surface area contributed by atoms with E-state index in [9.17, 15) is 0 Å². The number of hydrogen-bond acceptors (Lipinski definition) is 5. The normalized spacial score (nSPS) is 18.4. The molecule has 1 aromatic rings. The molecule has 1 fully saturated rings. The van der Waals surface area contributed by atoms with Crippen LogP contribution in [0.4, 0.5) is 5.82 Å². The van der Waals surface area contributed by atoms with E-state index >= 15 is 0 Å². The summed E-state index contributed by atoms with van der Waals surface area (Å²) in [6, 6.07) is 1.86. The van der Waals surface area contributed by atoms with E-state index in [1.807, 2.05) is 13.0 Å². The second-order valence-corrected chi connectivity index (χ2v) is 5.75. The molecule has 2 heterocycles. The van der Waals surface area contributed by atoms with Gasteiger partial charge >= 0.3 is 0 Å². The summed E-state index contributed by atoms with van der Waals surface area (Å²) in [5, 5.41) is 0. The van der Waals surface area contributed by atoms with Gasteiger partial charge in [-0.3, -0.25) is 0 Å². The lowest BCUT2D eigenvalue weighted by molar-refractivity contribution is -0.117. The van der Waals surface area contributed by atoms with Crippen LogP contribution >= 0.6 is 0 Å². The van der Waals surface area contributed by atoms with Crippen molar-refractivity contribution in [1.29, 1.82) is 0 Å². The molecule has 0 radical (unpaired) electrons. The molecular weight excluding hydrogens is 254 g/mol. The first-order chi connectivity index (χ1) is 9.55. The van der Waals surface area contributed by atoms with Gasteiger partial charge in [-0.05, 0) is 19.3 Å². The molecule has 0 atom stereocenters. The molecule has 1 aliphatic rings. The molecule has 0 amide bonds. The van der Waals surface area contributed by atoms with Crippen LogP contribution in [-0.2, 0) is 21.5 Å². The number of hydrogen-bond donors (Lipinski definition) is 1. The van der Waals surface area contributed by atoms with E-state index in [4.69, 9.17) is 20.2 Å². The zero-order valence-corrected chi connectivity index (χ0v) is 12.7.